The van der Waals surface area contributed by atoms with Gasteiger partial charge in [-0.15, -0.1) is 0 Å². The lowest BCUT2D eigenvalue weighted by Gasteiger charge is -2.22. The zero-order valence-electron chi connectivity index (χ0n) is 12.6. The molecule has 0 aliphatic carbocycles. The Labute approximate surface area is 124 Å². The number of hydrogen-bond acceptors (Lipinski definition) is 3. The number of methoxy groups -OCH3 is 1. The minimum absolute atomic E-state index is 0.128. The van der Waals surface area contributed by atoms with Gasteiger partial charge in [0.2, 0.25) is 0 Å². The first kappa shape index (κ1) is 16.7. The molecule has 5 heteroatoms. The monoisotopic (exact) mass is 332 g/mol. The summed E-state index contributed by atoms with van der Waals surface area (Å²) in [6, 6.07) is 0. The van der Waals surface area contributed by atoms with Gasteiger partial charge in [-0.05, 0) is 49.5 Å². The van der Waals surface area contributed by atoms with Crippen LogP contribution in [0.5, 0.6) is 0 Å². The summed E-state index contributed by atoms with van der Waals surface area (Å²) in [5.74, 6) is 0. The molecule has 0 saturated carbocycles. The van der Waals surface area contributed by atoms with Gasteiger partial charge in [-0.2, -0.15) is 5.10 Å². The molecular formula is C14H25BrN2O2. The summed E-state index contributed by atoms with van der Waals surface area (Å²) in [5.41, 5.74) is 2.09. The highest BCUT2D eigenvalue weighted by Crippen LogP contribution is 2.23. The van der Waals surface area contributed by atoms with E-state index in [0.717, 1.165) is 35.2 Å². The van der Waals surface area contributed by atoms with Crippen LogP contribution in [0.3, 0.4) is 0 Å². The van der Waals surface area contributed by atoms with Crippen LogP contribution in [0.2, 0.25) is 0 Å². The maximum Gasteiger partial charge on any atom is 0.0896 e. The lowest BCUT2D eigenvalue weighted by atomic mass is 10.1. The molecule has 0 unspecified atom stereocenters. The predicted octanol–water partition coefficient (Wildman–Crippen LogP) is 3.56. The lowest BCUT2D eigenvalue weighted by Crippen LogP contribution is -2.24. The van der Waals surface area contributed by atoms with Crippen LogP contribution in [-0.2, 0) is 29.0 Å². The van der Waals surface area contributed by atoms with Gasteiger partial charge in [0.15, 0.2) is 0 Å². The molecule has 4 nitrogen and oxygen atoms in total. The maximum absolute atomic E-state index is 5.77. The van der Waals surface area contributed by atoms with Gasteiger partial charge in [-0.3, -0.25) is 4.68 Å². The third kappa shape index (κ3) is 4.58. The van der Waals surface area contributed by atoms with Crippen molar-refractivity contribution in [3.05, 3.63) is 15.9 Å². The molecule has 0 aliphatic rings. The Balaban J connectivity index is 2.56. The van der Waals surface area contributed by atoms with E-state index in [0.29, 0.717) is 13.2 Å². The van der Waals surface area contributed by atoms with Crippen LogP contribution in [0.1, 0.15) is 45.5 Å². The number of rotatable bonds is 8. The van der Waals surface area contributed by atoms with Crippen molar-refractivity contribution in [2.75, 3.05) is 13.7 Å². The highest BCUT2D eigenvalue weighted by Gasteiger charge is 2.17. The Hall–Kier alpha value is -0.390. The molecule has 0 aliphatic heterocycles. The summed E-state index contributed by atoms with van der Waals surface area (Å²) < 4.78 is 14.2. The normalized spacial score (nSPS) is 12.1. The summed E-state index contributed by atoms with van der Waals surface area (Å²) in [7, 11) is 1.73. The van der Waals surface area contributed by atoms with E-state index in [1.54, 1.807) is 7.11 Å². The summed E-state index contributed by atoms with van der Waals surface area (Å²) >= 11 is 3.62. The van der Waals surface area contributed by atoms with Crippen molar-refractivity contribution in [3.8, 4) is 0 Å². The molecule has 0 fully saturated rings. The minimum atomic E-state index is -0.128. The molecule has 0 amide bonds. The molecule has 0 atom stereocenters. The van der Waals surface area contributed by atoms with Gasteiger partial charge >= 0.3 is 0 Å². The van der Waals surface area contributed by atoms with E-state index in [2.05, 4.69) is 48.7 Å². The van der Waals surface area contributed by atoms with Crippen LogP contribution in [-0.4, -0.2) is 29.1 Å². The topological polar surface area (TPSA) is 36.3 Å². The second kappa shape index (κ2) is 7.41. The summed E-state index contributed by atoms with van der Waals surface area (Å²) in [6.45, 7) is 10.5. The maximum atomic E-state index is 5.77. The highest BCUT2D eigenvalue weighted by molar-refractivity contribution is 9.10. The number of aryl methyl sites for hydroxylation is 2. The molecular weight excluding hydrogens is 308 g/mol. The first-order valence-electron chi connectivity index (χ1n) is 6.82. The van der Waals surface area contributed by atoms with E-state index in [-0.39, 0.29) is 5.60 Å². The average Bonchev–Trinajstić information content (AvgIpc) is 2.71. The lowest BCUT2D eigenvalue weighted by molar-refractivity contribution is -0.0132. The standard InChI is InChI=1S/C14H25BrN2O2/c1-6-11-13(15)12(17(7-2)16-11)10-19-9-8-14(3,4)18-5/h6-10H2,1-5H3. The molecule has 0 spiro atoms. The van der Waals surface area contributed by atoms with Crippen LogP contribution in [0.15, 0.2) is 4.47 Å². The van der Waals surface area contributed by atoms with Crippen molar-refractivity contribution in [2.24, 2.45) is 0 Å². The van der Waals surface area contributed by atoms with Crippen molar-refractivity contribution in [2.45, 2.75) is 59.3 Å². The van der Waals surface area contributed by atoms with E-state index < -0.39 is 0 Å². The van der Waals surface area contributed by atoms with Gasteiger partial charge in [-0.1, -0.05) is 6.92 Å². The van der Waals surface area contributed by atoms with Crippen molar-refractivity contribution in [1.29, 1.82) is 0 Å². The molecule has 0 radical (unpaired) electrons. The molecule has 19 heavy (non-hydrogen) atoms. The van der Waals surface area contributed by atoms with E-state index in [9.17, 15) is 0 Å². The van der Waals surface area contributed by atoms with Gasteiger partial charge in [0.05, 0.1) is 28.1 Å². The molecule has 1 aromatic heterocycles. The summed E-state index contributed by atoms with van der Waals surface area (Å²) in [5, 5.41) is 4.56. The fourth-order valence-electron chi connectivity index (χ4n) is 1.74. The molecule has 1 aromatic rings. The third-order valence-electron chi connectivity index (χ3n) is 3.33. The number of halogens is 1. The second-order valence-electron chi connectivity index (χ2n) is 5.14. The number of nitrogens with zero attached hydrogens (tertiary/aromatic N) is 2. The summed E-state index contributed by atoms with van der Waals surface area (Å²) in [4.78, 5) is 0. The van der Waals surface area contributed by atoms with E-state index in [4.69, 9.17) is 9.47 Å². The fraction of sp³-hybridized carbons (Fsp3) is 0.786. The fourth-order valence-corrected chi connectivity index (χ4v) is 2.42. The molecule has 0 aromatic carbocycles. The molecule has 110 valence electrons. The van der Waals surface area contributed by atoms with Gasteiger partial charge < -0.3 is 9.47 Å². The molecule has 0 bridgehead atoms. The largest absolute Gasteiger partial charge is 0.379 e. The van der Waals surface area contributed by atoms with Gasteiger partial charge in [0.25, 0.3) is 0 Å². The van der Waals surface area contributed by atoms with Crippen LogP contribution < -0.4 is 0 Å². The Kier molecular flexibility index (Phi) is 6.50. The van der Waals surface area contributed by atoms with E-state index in [1.165, 1.54) is 0 Å². The quantitative estimate of drug-likeness (QED) is 0.683. The first-order chi connectivity index (χ1) is 8.95. The van der Waals surface area contributed by atoms with Crippen molar-refractivity contribution < 1.29 is 9.47 Å². The Morgan fingerprint density at radius 1 is 1.32 bits per heavy atom. The third-order valence-corrected chi connectivity index (χ3v) is 4.25. The van der Waals surface area contributed by atoms with Gasteiger partial charge in [0, 0.05) is 20.3 Å². The van der Waals surface area contributed by atoms with Crippen LogP contribution in [0.4, 0.5) is 0 Å². The second-order valence-corrected chi connectivity index (χ2v) is 5.94. The van der Waals surface area contributed by atoms with Crippen LogP contribution in [0.25, 0.3) is 0 Å². The van der Waals surface area contributed by atoms with Gasteiger partial charge in [0.1, 0.15) is 0 Å². The predicted molar refractivity (Wildman–Crippen MR) is 80.3 cm³/mol. The van der Waals surface area contributed by atoms with Crippen molar-refractivity contribution in [1.82, 2.24) is 9.78 Å². The van der Waals surface area contributed by atoms with E-state index >= 15 is 0 Å². The van der Waals surface area contributed by atoms with Crippen LogP contribution >= 0.6 is 15.9 Å². The Morgan fingerprint density at radius 3 is 2.53 bits per heavy atom. The molecule has 1 rings (SSSR count). The zero-order valence-corrected chi connectivity index (χ0v) is 14.2. The average molecular weight is 333 g/mol. The smallest absolute Gasteiger partial charge is 0.0896 e. The molecule has 0 saturated heterocycles. The zero-order chi connectivity index (χ0) is 14.5. The van der Waals surface area contributed by atoms with Crippen molar-refractivity contribution in [3.63, 3.8) is 0 Å². The highest BCUT2D eigenvalue weighted by atomic mass is 79.9. The Morgan fingerprint density at radius 2 is 2.00 bits per heavy atom. The van der Waals surface area contributed by atoms with Crippen molar-refractivity contribution >= 4 is 15.9 Å². The number of ether oxygens (including phenoxy) is 2. The van der Waals surface area contributed by atoms with Crippen LogP contribution in [0, 0.1) is 0 Å². The number of hydrogen-bond donors (Lipinski definition) is 0. The Bertz CT molecular complexity index is 402. The molecule has 1 heterocycles. The minimum Gasteiger partial charge on any atom is -0.379 e. The van der Waals surface area contributed by atoms with Gasteiger partial charge in [-0.25, -0.2) is 0 Å². The van der Waals surface area contributed by atoms with E-state index in [1.807, 2.05) is 4.68 Å². The first-order valence-corrected chi connectivity index (χ1v) is 7.61. The summed E-state index contributed by atoms with van der Waals surface area (Å²) in [6.07, 6.45) is 1.80. The molecule has 0 N–H and O–H groups in total. The SMILES string of the molecule is CCc1nn(CC)c(COCCC(C)(C)OC)c1Br. The number of aromatic nitrogens is 2.